The van der Waals surface area contributed by atoms with E-state index in [9.17, 15) is 9.18 Å². The van der Waals surface area contributed by atoms with E-state index in [1.807, 2.05) is 0 Å². The van der Waals surface area contributed by atoms with Crippen molar-refractivity contribution < 1.29 is 14.3 Å². The Morgan fingerprint density at radius 1 is 1.27 bits per heavy atom. The van der Waals surface area contributed by atoms with Crippen LogP contribution in [0.25, 0.3) is 11.0 Å². The van der Waals surface area contributed by atoms with Crippen molar-refractivity contribution in [1.82, 2.24) is 9.97 Å². The van der Waals surface area contributed by atoms with E-state index in [0.29, 0.717) is 27.1 Å². The number of benzene rings is 2. The Bertz CT molecular complexity index is 917. The molecule has 0 saturated carbocycles. The van der Waals surface area contributed by atoms with Crippen LogP contribution >= 0.6 is 12.2 Å². The van der Waals surface area contributed by atoms with Crippen LogP contribution in [-0.4, -0.2) is 21.0 Å². The number of anilines is 1. The number of hydrogen-bond donors (Lipinski definition) is 4. The van der Waals surface area contributed by atoms with Gasteiger partial charge in [0, 0.05) is 5.69 Å². The molecule has 0 aliphatic rings. The molecular weight excluding hydrogens is 305 g/mol. The maximum Gasteiger partial charge on any atom is 0.257 e. The number of halogens is 1. The molecular formula is C15H12FN3O2S. The highest BCUT2D eigenvalue weighted by atomic mass is 32.1. The second-order valence-electron chi connectivity index (χ2n) is 4.77. The summed E-state index contributed by atoms with van der Waals surface area (Å²) in [6, 6.07) is 9.20. The maximum atomic E-state index is 13.6. The molecule has 3 aromatic rings. The van der Waals surface area contributed by atoms with Crippen molar-refractivity contribution >= 4 is 34.8 Å². The minimum absolute atomic E-state index is 0.126. The number of aliphatic hydroxyl groups excluding tert-OH is 1. The number of fused-ring (bicyclic) bond motifs is 1. The number of aromatic nitrogens is 2. The number of rotatable bonds is 3. The fraction of sp³-hybridized carbons (Fsp3) is 0.0667. The summed E-state index contributed by atoms with van der Waals surface area (Å²) >= 11 is 4.97. The van der Waals surface area contributed by atoms with Gasteiger partial charge in [-0.3, -0.25) is 4.79 Å². The summed E-state index contributed by atoms with van der Waals surface area (Å²) in [6.07, 6.45) is 0. The molecule has 0 saturated heterocycles. The first-order valence-electron chi connectivity index (χ1n) is 6.49. The number of carbonyl (C=O) groups is 1. The zero-order chi connectivity index (χ0) is 15.7. The maximum absolute atomic E-state index is 13.6. The minimum Gasteiger partial charge on any atom is -0.392 e. The molecule has 7 heteroatoms. The highest BCUT2D eigenvalue weighted by Crippen LogP contribution is 2.20. The number of aromatic amines is 2. The number of imidazole rings is 1. The minimum atomic E-state index is -0.535. The van der Waals surface area contributed by atoms with Gasteiger partial charge in [0.2, 0.25) is 0 Å². The van der Waals surface area contributed by atoms with Gasteiger partial charge in [-0.25, -0.2) is 4.39 Å². The average Bonchev–Trinajstić information content (AvgIpc) is 2.86. The summed E-state index contributed by atoms with van der Waals surface area (Å²) in [5.74, 6) is -1.00. The zero-order valence-corrected chi connectivity index (χ0v) is 12.1. The van der Waals surface area contributed by atoms with Crippen molar-refractivity contribution in [3.05, 3.63) is 58.1 Å². The van der Waals surface area contributed by atoms with Gasteiger partial charge >= 0.3 is 0 Å². The molecule has 2 aromatic carbocycles. The van der Waals surface area contributed by atoms with Gasteiger partial charge < -0.3 is 20.4 Å². The van der Waals surface area contributed by atoms with Crippen molar-refractivity contribution in [3.63, 3.8) is 0 Å². The number of nitrogens with one attached hydrogen (secondary N) is 3. The van der Waals surface area contributed by atoms with Gasteiger partial charge in [-0.1, -0.05) is 12.1 Å². The Morgan fingerprint density at radius 2 is 2.09 bits per heavy atom. The Kier molecular flexibility index (Phi) is 3.74. The van der Waals surface area contributed by atoms with E-state index in [2.05, 4.69) is 15.3 Å². The first kappa shape index (κ1) is 14.4. The number of hydrogen-bond acceptors (Lipinski definition) is 3. The summed E-state index contributed by atoms with van der Waals surface area (Å²) in [4.78, 5) is 18.0. The molecule has 0 atom stereocenters. The largest absolute Gasteiger partial charge is 0.392 e. The molecule has 0 radical (unpaired) electrons. The molecule has 0 unspecified atom stereocenters. The normalized spacial score (nSPS) is 10.8. The Hall–Kier alpha value is -2.51. The van der Waals surface area contributed by atoms with Crippen LogP contribution in [-0.2, 0) is 6.61 Å². The first-order chi connectivity index (χ1) is 10.6. The van der Waals surface area contributed by atoms with Crippen LogP contribution in [0.2, 0.25) is 0 Å². The molecule has 0 spiro atoms. The monoisotopic (exact) mass is 317 g/mol. The number of amides is 1. The van der Waals surface area contributed by atoms with Crippen LogP contribution in [0.5, 0.6) is 0 Å². The molecule has 0 aliphatic heterocycles. The summed E-state index contributed by atoms with van der Waals surface area (Å²) in [5.41, 5.74) is 2.21. The second kappa shape index (κ2) is 5.70. The molecule has 112 valence electrons. The fourth-order valence-corrected chi connectivity index (χ4v) is 2.44. The molecule has 0 fully saturated rings. The lowest BCUT2D eigenvalue weighted by Crippen LogP contribution is -2.13. The van der Waals surface area contributed by atoms with E-state index < -0.39 is 11.7 Å². The summed E-state index contributed by atoms with van der Waals surface area (Å²) in [6.45, 7) is -0.126. The van der Waals surface area contributed by atoms with Crippen LogP contribution in [0.1, 0.15) is 15.9 Å². The summed E-state index contributed by atoms with van der Waals surface area (Å²) in [5, 5.41) is 11.8. The third-order valence-corrected chi connectivity index (χ3v) is 3.41. The second-order valence-corrected chi connectivity index (χ2v) is 5.18. The molecule has 1 heterocycles. The van der Waals surface area contributed by atoms with Crippen LogP contribution in [0, 0.1) is 10.6 Å². The van der Waals surface area contributed by atoms with E-state index >= 15 is 0 Å². The zero-order valence-electron chi connectivity index (χ0n) is 11.3. The van der Waals surface area contributed by atoms with Gasteiger partial charge in [0.25, 0.3) is 5.91 Å². The van der Waals surface area contributed by atoms with Crippen molar-refractivity contribution in [2.24, 2.45) is 0 Å². The summed E-state index contributed by atoms with van der Waals surface area (Å²) in [7, 11) is 0. The number of aliphatic hydroxyl groups is 1. The van der Waals surface area contributed by atoms with Gasteiger partial charge in [-0.15, -0.1) is 0 Å². The molecule has 3 rings (SSSR count). The SMILES string of the molecule is O=C(Nc1cccc(CO)c1)c1cc(F)cc2[nH]c(=S)[nH]c12. The van der Waals surface area contributed by atoms with Crippen LogP contribution < -0.4 is 5.32 Å². The van der Waals surface area contributed by atoms with Crippen LogP contribution in [0.4, 0.5) is 10.1 Å². The van der Waals surface area contributed by atoms with Crippen molar-refractivity contribution in [1.29, 1.82) is 0 Å². The molecule has 5 nitrogen and oxygen atoms in total. The Morgan fingerprint density at radius 3 is 2.86 bits per heavy atom. The fourth-order valence-electron chi connectivity index (χ4n) is 2.23. The lowest BCUT2D eigenvalue weighted by molar-refractivity contribution is 0.102. The Labute approximate surface area is 129 Å². The molecule has 1 amide bonds. The smallest absolute Gasteiger partial charge is 0.257 e. The van der Waals surface area contributed by atoms with Gasteiger partial charge in [0.1, 0.15) is 5.82 Å². The predicted octanol–water partition coefficient (Wildman–Crippen LogP) is 3.11. The molecule has 0 bridgehead atoms. The van der Waals surface area contributed by atoms with Gasteiger partial charge in [0.15, 0.2) is 4.77 Å². The number of H-pyrrole nitrogens is 2. The molecule has 4 N–H and O–H groups in total. The number of carbonyl (C=O) groups excluding carboxylic acids is 1. The van der Waals surface area contributed by atoms with Gasteiger partial charge in [0.05, 0.1) is 23.2 Å². The third-order valence-electron chi connectivity index (χ3n) is 3.20. The quantitative estimate of drug-likeness (QED) is 0.560. The molecule has 22 heavy (non-hydrogen) atoms. The molecule has 1 aromatic heterocycles. The van der Waals surface area contributed by atoms with Crippen molar-refractivity contribution in [2.45, 2.75) is 6.61 Å². The topological polar surface area (TPSA) is 80.9 Å². The van der Waals surface area contributed by atoms with E-state index in [1.54, 1.807) is 24.3 Å². The van der Waals surface area contributed by atoms with E-state index in [-0.39, 0.29) is 12.2 Å². The van der Waals surface area contributed by atoms with E-state index in [1.165, 1.54) is 6.07 Å². The average molecular weight is 317 g/mol. The van der Waals surface area contributed by atoms with Crippen LogP contribution in [0.15, 0.2) is 36.4 Å². The highest BCUT2D eigenvalue weighted by Gasteiger charge is 2.14. The highest BCUT2D eigenvalue weighted by molar-refractivity contribution is 7.71. The molecule has 0 aliphatic carbocycles. The Balaban J connectivity index is 1.99. The predicted molar refractivity (Wildman–Crippen MR) is 83.8 cm³/mol. The first-order valence-corrected chi connectivity index (χ1v) is 6.90. The van der Waals surface area contributed by atoms with Crippen LogP contribution in [0.3, 0.4) is 0 Å². The lowest BCUT2D eigenvalue weighted by Gasteiger charge is -2.07. The standard InChI is InChI=1S/C15H12FN3O2S/c16-9-5-11(13-12(6-9)18-15(22)19-13)14(21)17-10-3-1-2-8(4-10)7-20/h1-6,20H,7H2,(H,17,21)(H2,18,19,22). The van der Waals surface area contributed by atoms with E-state index in [0.717, 1.165) is 6.07 Å². The van der Waals surface area contributed by atoms with E-state index in [4.69, 9.17) is 17.3 Å². The summed E-state index contributed by atoms with van der Waals surface area (Å²) < 4.78 is 14.0. The van der Waals surface area contributed by atoms with Gasteiger partial charge in [-0.05, 0) is 42.0 Å². The van der Waals surface area contributed by atoms with Crippen molar-refractivity contribution in [3.8, 4) is 0 Å². The van der Waals surface area contributed by atoms with Crippen molar-refractivity contribution in [2.75, 3.05) is 5.32 Å². The lowest BCUT2D eigenvalue weighted by atomic mass is 10.1. The van der Waals surface area contributed by atoms with Gasteiger partial charge in [-0.2, -0.15) is 0 Å². The third kappa shape index (κ3) is 2.76.